The Bertz CT molecular complexity index is 618. The van der Waals surface area contributed by atoms with E-state index in [2.05, 4.69) is 24.8 Å². The van der Waals surface area contributed by atoms with Crippen LogP contribution in [0.2, 0.25) is 0 Å². The number of rotatable bonds is 4. The Labute approximate surface area is 137 Å². The van der Waals surface area contributed by atoms with Gasteiger partial charge in [-0.15, -0.1) is 0 Å². The van der Waals surface area contributed by atoms with Gasteiger partial charge in [-0.3, -0.25) is 4.98 Å². The molecule has 0 unspecified atom stereocenters. The molecule has 0 bridgehead atoms. The van der Waals surface area contributed by atoms with Gasteiger partial charge in [0.2, 0.25) is 0 Å². The number of imidazole rings is 1. The second kappa shape index (κ2) is 6.79. The summed E-state index contributed by atoms with van der Waals surface area (Å²) in [6.45, 7) is 2.48. The van der Waals surface area contributed by atoms with Gasteiger partial charge in [-0.25, -0.2) is 9.97 Å². The van der Waals surface area contributed by atoms with E-state index in [0.717, 1.165) is 29.7 Å². The summed E-state index contributed by atoms with van der Waals surface area (Å²) in [6.07, 6.45) is 16.5. The van der Waals surface area contributed by atoms with Crippen LogP contribution >= 0.6 is 0 Å². The third-order valence-electron chi connectivity index (χ3n) is 5.39. The first-order valence-electron chi connectivity index (χ1n) is 8.94. The van der Waals surface area contributed by atoms with E-state index >= 15 is 0 Å². The molecule has 4 rings (SSSR count). The van der Waals surface area contributed by atoms with Crippen LogP contribution in [0, 0.1) is 5.92 Å². The Morgan fingerprint density at radius 2 is 1.87 bits per heavy atom. The van der Waals surface area contributed by atoms with Gasteiger partial charge < -0.3 is 9.88 Å². The highest BCUT2D eigenvalue weighted by atomic mass is 15.2. The standard InChI is InChI=1S/C18H25N5/c1-2-4-15(5-3-1)23-11-6-14(13-23)12-16-17(20-8-7-19-16)18-21-9-10-22-18/h7-10,14-15H,1-6,11-13H2,(H,21,22)/t14-/m0/s1. The van der Waals surface area contributed by atoms with Crippen molar-refractivity contribution >= 4 is 0 Å². The SMILES string of the molecule is c1c[nH]c(-c2nccnc2C[C@@H]2CCN(C3CCCCC3)C2)n1. The van der Waals surface area contributed by atoms with Crippen molar-refractivity contribution in [3.8, 4) is 11.5 Å². The number of aromatic nitrogens is 4. The first-order valence-corrected chi connectivity index (χ1v) is 8.94. The average molecular weight is 311 g/mol. The molecule has 0 amide bonds. The normalized spacial score (nSPS) is 23.4. The summed E-state index contributed by atoms with van der Waals surface area (Å²) in [7, 11) is 0. The van der Waals surface area contributed by atoms with Crippen molar-refractivity contribution in [2.24, 2.45) is 5.92 Å². The topological polar surface area (TPSA) is 57.7 Å². The Morgan fingerprint density at radius 1 is 1.00 bits per heavy atom. The van der Waals surface area contributed by atoms with Crippen molar-refractivity contribution in [3.05, 3.63) is 30.5 Å². The van der Waals surface area contributed by atoms with E-state index in [1.165, 1.54) is 51.6 Å². The van der Waals surface area contributed by atoms with E-state index in [1.807, 2.05) is 6.20 Å². The van der Waals surface area contributed by atoms with Gasteiger partial charge >= 0.3 is 0 Å². The van der Waals surface area contributed by atoms with Gasteiger partial charge in [-0.1, -0.05) is 19.3 Å². The van der Waals surface area contributed by atoms with Crippen LogP contribution in [0.1, 0.15) is 44.2 Å². The molecule has 1 N–H and O–H groups in total. The van der Waals surface area contributed by atoms with Crippen LogP contribution in [0.15, 0.2) is 24.8 Å². The van der Waals surface area contributed by atoms with Crippen molar-refractivity contribution in [1.29, 1.82) is 0 Å². The van der Waals surface area contributed by atoms with Gasteiger partial charge in [0, 0.05) is 37.4 Å². The van der Waals surface area contributed by atoms with E-state index in [4.69, 9.17) is 0 Å². The minimum atomic E-state index is 0.697. The molecule has 3 heterocycles. The number of likely N-dealkylation sites (tertiary alicyclic amines) is 1. The zero-order valence-corrected chi connectivity index (χ0v) is 13.6. The number of nitrogens with one attached hydrogen (secondary N) is 1. The number of hydrogen-bond acceptors (Lipinski definition) is 4. The lowest BCUT2D eigenvalue weighted by molar-refractivity contribution is 0.185. The minimum absolute atomic E-state index is 0.697. The molecular weight excluding hydrogens is 286 g/mol. The first kappa shape index (κ1) is 14.8. The number of H-pyrrole nitrogens is 1. The van der Waals surface area contributed by atoms with Crippen molar-refractivity contribution in [1.82, 2.24) is 24.8 Å². The Morgan fingerprint density at radius 3 is 2.70 bits per heavy atom. The largest absolute Gasteiger partial charge is 0.343 e. The van der Waals surface area contributed by atoms with Crippen LogP contribution in [-0.2, 0) is 6.42 Å². The molecule has 1 atom stereocenters. The molecule has 1 saturated heterocycles. The van der Waals surface area contributed by atoms with E-state index in [0.29, 0.717) is 5.92 Å². The quantitative estimate of drug-likeness (QED) is 0.943. The fourth-order valence-corrected chi connectivity index (χ4v) is 4.19. The maximum Gasteiger partial charge on any atom is 0.157 e. The van der Waals surface area contributed by atoms with Crippen LogP contribution < -0.4 is 0 Å². The van der Waals surface area contributed by atoms with E-state index in [-0.39, 0.29) is 0 Å². The maximum atomic E-state index is 4.59. The van der Waals surface area contributed by atoms with E-state index in [9.17, 15) is 0 Å². The summed E-state index contributed by atoms with van der Waals surface area (Å²) in [6, 6.07) is 0.833. The summed E-state index contributed by atoms with van der Waals surface area (Å²) in [5, 5.41) is 0. The van der Waals surface area contributed by atoms with Crippen LogP contribution in [0.25, 0.3) is 11.5 Å². The number of aromatic amines is 1. The lowest BCUT2D eigenvalue weighted by atomic mass is 9.94. The predicted octanol–water partition coefficient (Wildman–Crippen LogP) is 3.06. The highest BCUT2D eigenvalue weighted by Gasteiger charge is 2.30. The molecule has 2 aliphatic rings. The molecule has 5 nitrogen and oxygen atoms in total. The average Bonchev–Trinajstić information content (AvgIpc) is 3.28. The lowest BCUT2D eigenvalue weighted by Crippen LogP contribution is -2.35. The highest BCUT2D eigenvalue weighted by Crippen LogP contribution is 2.30. The van der Waals surface area contributed by atoms with Crippen LogP contribution in [-0.4, -0.2) is 44.0 Å². The lowest BCUT2D eigenvalue weighted by Gasteiger charge is -2.31. The zero-order chi connectivity index (χ0) is 15.5. The zero-order valence-electron chi connectivity index (χ0n) is 13.6. The van der Waals surface area contributed by atoms with Gasteiger partial charge in [0.05, 0.1) is 5.69 Å². The highest BCUT2D eigenvalue weighted by molar-refractivity contribution is 5.51. The number of nitrogens with zero attached hydrogens (tertiary/aromatic N) is 4. The van der Waals surface area contributed by atoms with Crippen LogP contribution in [0.5, 0.6) is 0 Å². The van der Waals surface area contributed by atoms with Crippen molar-refractivity contribution in [2.45, 2.75) is 51.0 Å². The smallest absolute Gasteiger partial charge is 0.157 e. The second-order valence-corrected chi connectivity index (χ2v) is 6.94. The van der Waals surface area contributed by atoms with Gasteiger partial charge in [0.1, 0.15) is 5.69 Å². The molecule has 2 aromatic rings. The monoisotopic (exact) mass is 311 g/mol. The van der Waals surface area contributed by atoms with Gasteiger partial charge in [0.25, 0.3) is 0 Å². The predicted molar refractivity (Wildman–Crippen MR) is 89.9 cm³/mol. The Hall–Kier alpha value is -1.75. The molecule has 0 spiro atoms. The fourth-order valence-electron chi connectivity index (χ4n) is 4.19. The molecular formula is C18H25N5. The van der Waals surface area contributed by atoms with E-state index < -0.39 is 0 Å². The molecule has 2 aromatic heterocycles. The Kier molecular flexibility index (Phi) is 4.37. The molecule has 122 valence electrons. The molecule has 1 aliphatic carbocycles. The van der Waals surface area contributed by atoms with E-state index in [1.54, 1.807) is 18.6 Å². The maximum absolute atomic E-state index is 4.59. The minimum Gasteiger partial charge on any atom is -0.343 e. The van der Waals surface area contributed by atoms with Crippen molar-refractivity contribution < 1.29 is 0 Å². The fraction of sp³-hybridized carbons (Fsp3) is 0.611. The van der Waals surface area contributed by atoms with Crippen LogP contribution in [0.3, 0.4) is 0 Å². The first-order chi connectivity index (χ1) is 11.4. The van der Waals surface area contributed by atoms with Crippen molar-refractivity contribution in [3.63, 3.8) is 0 Å². The third kappa shape index (κ3) is 3.29. The summed E-state index contributed by atoms with van der Waals surface area (Å²) in [4.78, 5) is 19.3. The van der Waals surface area contributed by atoms with Crippen molar-refractivity contribution in [2.75, 3.05) is 13.1 Å². The second-order valence-electron chi connectivity index (χ2n) is 6.94. The number of hydrogen-bond donors (Lipinski definition) is 1. The molecule has 2 fully saturated rings. The van der Waals surface area contributed by atoms with Gasteiger partial charge in [-0.2, -0.15) is 0 Å². The molecule has 0 radical (unpaired) electrons. The third-order valence-corrected chi connectivity index (χ3v) is 5.39. The van der Waals surface area contributed by atoms with Crippen LogP contribution in [0.4, 0.5) is 0 Å². The molecule has 23 heavy (non-hydrogen) atoms. The molecule has 1 aliphatic heterocycles. The summed E-state index contributed by atoms with van der Waals surface area (Å²) in [5.41, 5.74) is 1.99. The Balaban J connectivity index is 1.43. The summed E-state index contributed by atoms with van der Waals surface area (Å²) < 4.78 is 0. The van der Waals surface area contributed by atoms with Gasteiger partial charge in [-0.05, 0) is 38.1 Å². The molecule has 1 saturated carbocycles. The molecule has 5 heteroatoms. The summed E-state index contributed by atoms with van der Waals surface area (Å²) in [5.74, 6) is 1.53. The summed E-state index contributed by atoms with van der Waals surface area (Å²) >= 11 is 0. The van der Waals surface area contributed by atoms with Gasteiger partial charge in [0.15, 0.2) is 5.82 Å². The molecule has 0 aromatic carbocycles.